The molecule has 0 aliphatic heterocycles. The molecule has 0 unspecified atom stereocenters. The summed E-state index contributed by atoms with van der Waals surface area (Å²) >= 11 is 8.00. The lowest BCUT2D eigenvalue weighted by Gasteiger charge is -2.05. The van der Waals surface area contributed by atoms with Gasteiger partial charge in [0, 0.05) is 37.5 Å². The first-order valence-electron chi connectivity index (χ1n) is 8.16. The average Bonchev–Trinajstić information content (AvgIpc) is 3.27. The zero-order valence-electron chi connectivity index (χ0n) is 13.6. The predicted molar refractivity (Wildman–Crippen MR) is 106 cm³/mol. The van der Waals surface area contributed by atoms with Gasteiger partial charge in [0.25, 0.3) is 0 Å². The topological polar surface area (TPSA) is 31.0 Å². The van der Waals surface area contributed by atoms with Crippen molar-refractivity contribution in [1.82, 2.24) is 9.72 Å². The molecule has 0 spiro atoms. The molecule has 26 heavy (non-hydrogen) atoms. The lowest BCUT2D eigenvalue weighted by atomic mass is 10.2. The summed E-state index contributed by atoms with van der Waals surface area (Å²) in [4.78, 5) is 2.35. The van der Waals surface area contributed by atoms with Gasteiger partial charge in [0.2, 0.25) is 0 Å². The first-order chi connectivity index (χ1) is 12.8. The highest BCUT2D eigenvalue weighted by molar-refractivity contribution is 7.99. The molecule has 0 aliphatic carbocycles. The van der Waals surface area contributed by atoms with Crippen LogP contribution in [-0.2, 0) is 0 Å². The lowest BCUT2D eigenvalue weighted by molar-refractivity contribution is 0.428. The van der Waals surface area contributed by atoms with Gasteiger partial charge in [-0.25, -0.2) is 0 Å². The summed E-state index contributed by atoms with van der Waals surface area (Å²) in [6.45, 7) is 0. The van der Waals surface area contributed by atoms with Crippen LogP contribution in [0, 0.1) is 0 Å². The average molecular weight is 377 g/mol. The monoisotopic (exact) mass is 376 g/mol. The maximum Gasteiger partial charge on any atom is 0.131 e. The standard InChI is InChI=1S/C21H13ClN2OS/c22-15-7-9-20-18(10-15)21(26-17-4-2-1-3-5-17)12-24(20)16-8-6-14-13-25-23-19(14)11-16/h1-13H. The number of rotatable bonds is 3. The second-order valence-corrected chi connectivity index (χ2v) is 7.55. The zero-order valence-corrected chi connectivity index (χ0v) is 15.2. The third-order valence-electron chi connectivity index (χ3n) is 4.32. The molecule has 5 heteroatoms. The van der Waals surface area contributed by atoms with Crippen LogP contribution in [0.3, 0.4) is 0 Å². The van der Waals surface area contributed by atoms with Gasteiger partial charge in [0.15, 0.2) is 0 Å². The number of nitrogens with zero attached hydrogens (tertiary/aromatic N) is 2. The Morgan fingerprint density at radius 3 is 2.73 bits per heavy atom. The van der Waals surface area contributed by atoms with Crippen LogP contribution in [-0.4, -0.2) is 9.72 Å². The largest absolute Gasteiger partial charge is 0.364 e. The van der Waals surface area contributed by atoms with Crippen LogP contribution >= 0.6 is 23.4 Å². The molecule has 126 valence electrons. The number of hydrogen-bond acceptors (Lipinski definition) is 3. The van der Waals surface area contributed by atoms with Crippen molar-refractivity contribution in [1.29, 1.82) is 0 Å². The van der Waals surface area contributed by atoms with Crippen molar-refractivity contribution in [3.8, 4) is 5.69 Å². The van der Waals surface area contributed by atoms with Gasteiger partial charge in [-0.1, -0.05) is 46.7 Å². The molecular formula is C21H13ClN2OS. The second-order valence-electron chi connectivity index (χ2n) is 6.00. The fraction of sp³-hybridized carbons (Fsp3) is 0. The smallest absolute Gasteiger partial charge is 0.131 e. The lowest BCUT2D eigenvalue weighted by Crippen LogP contribution is -1.91. The Morgan fingerprint density at radius 1 is 0.962 bits per heavy atom. The minimum absolute atomic E-state index is 0.733. The molecule has 0 atom stereocenters. The van der Waals surface area contributed by atoms with Gasteiger partial charge in [0.05, 0.1) is 5.52 Å². The van der Waals surface area contributed by atoms with E-state index in [1.807, 2.05) is 42.5 Å². The van der Waals surface area contributed by atoms with Crippen LogP contribution in [0.1, 0.15) is 0 Å². The quantitative estimate of drug-likeness (QED) is 0.356. The molecule has 0 saturated heterocycles. The van der Waals surface area contributed by atoms with E-state index >= 15 is 0 Å². The highest BCUT2D eigenvalue weighted by atomic mass is 35.5. The van der Waals surface area contributed by atoms with E-state index in [9.17, 15) is 0 Å². The molecule has 2 aromatic heterocycles. The first kappa shape index (κ1) is 15.6. The molecule has 3 nitrogen and oxygen atoms in total. The van der Waals surface area contributed by atoms with Crippen molar-refractivity contribution in [2.45, 2.75) is 9.79 Å². The van der Waals surface area contributed by atoms with Gasteiger partial charge >= 0.3 is 0 Å². The highest BCUT2D eigenvalue weighted by Gasteiger charge is 2.13. The van der Waals surface area contributed by atoms with E-state index in [-0.39, 0.29) is 0 Å². The van der Waals surface area contributed by atoms with Crippen molar-refractivity contribution in [3.05, 3.63) is 84.2 Å². The fourth-order valence-electron chi connectivity index (χ4n) is 3.08. The summed E-state index contributed by atoms with van der Waals surface area (Å²) in [5.74, 6) is 0. The first-order valence-corrected chi connectivity index (χ1v) is 9.35. The summed E-state index contributed by atoms with van der Waals surface area (Å²) in [5.41, 5.74) is 2.99. The maximum absolute atomic E-state index is 6.27. The molecule has 2 heterocycles. The third-order valence-corrected chi connectivity index (χ3v) is 5.61. The van der Waals surface area contributed by atoms with Crippen LogP contribution in [0.25, 0.3) is 27.5 Å². The van der Waals surface area contributed by atoms with Crippen LogP contribution in [0.4, 0.5) is 0 Å². The third kappa shape index (κ3) is 2.68. The van der Waals surface area contributed by atoms with Crippen molar-refractivity contribution >= 4 is 45.2 Å². The summed E-state index contributed by atoms with van der Waals surface area (Å²) in [5, 5.41) is 6.92. The maximum atomic E-state index is 6.27. The summed E-state index contributed by atoms with van der Waals surface area (Å²) < 4.78 is 7.23. The Kier molecular flexibility index (Phi) is 3.73. The zero-order chi connectivity index (χ0) is 17.5. The number of fused-ring (bicyclic) bond motifs is 2. The molecule has 3 aromatic carbocycles. The van der Waals surface area contributed by atoms with E-state index in [4.69, 9.17) is 16.1 Å². The number of hydrogen-bond donors (Lipinski definition) is 0. The van der Waals surface area contributed by atoms with E-state index in [0.717, 1.165) is 37.4 Å². The van der Waals surface area contributed by atoms with Gasteiger partial charge in [-0.2, -0.15) is 0 Å². The SMILES string of the molecule is Clc1ccc2c(c1)c(Sc1ccccc1)cn2-c1ccc2conc2c1. The molecule has 0 N–H and O–H groups in total. The summed E-state index contributed by atoms with van der Waals surface area (Å²) in [6, 6.07) is 22.5. The van der Waals surface area contributed by atoms with Gasteiger partial charge in [-0.05, 0) is 48.5 Å². The van der Waals surface area contributed by atoms with Crippen LogP contribution in [0.2, 0.25) is 5.02 Å². The normalized spacial score (nSPS) is 11.4. The van der Waals surface area contributed by atoms with Gasteiger partial charge in [-0.15, -0.1) is 0 Å². The summed E-state index contributed by atoms with van der Waals surface area (Å²) in [6.07, 6.45) is 3.81. The minimum atomic E-state index is 0.733. The van der Waals surface area contributed by atoms with E-state index in [2.05, 4.69) is 40.2 Å². The van der Waals surface area contributed by atoms with E-state index in [1.54, 1.807) is 18.0 Å². The van der Waals surface area contributed by atoms with Gasteiger partial charge < -0.3 is 9.09 Å². The number of halogens is 1. The van der Waals surface area contributed by atoms with Crippen LogP contribution in [0.5, 0.6) is 0 Å². The second kappa shape index (κ2) is 6.24. The molecule has 0 saturated carbocycles. The Hall–Kier alpha value is -2.69. The predicted octanol–water partition coefficient (Wildman–Crippen LogP) is 6.58. The Bertz CT molecular complexity index is 1230. The Balaban J connectivity index is 1.70. The van der Waals surface area contributed by atoms with Crippen molar-refractivity contribution in [2.75, 3.05) is 0 Å². The molecule has 5 aromatic rings. The number of benzene rings is 3. The van der Waals surface area contributed by atoms with Gasteiger partial charge in [0.1, 0.15) is 11.8 Å². The molecular weight excluding hydrogens is 364 g/mol. The molecule has 5 rings (SSSR count). The van der Waals surface area contributed by atoms with E-state index < -0.39 is 0 Å². The van der Waals surface area contributed by atoms with E-state index in [1.165, 1.54) is 4.90 Å². The highest BCUT2D eigenvalue weighted by Crippen LogP contribution is 2.37. The Labute approximate surface area is 159 Å². The molecule has 0 aliphatic rings. The summed E-state index contributed by atoms with van der Waals surface area (Å²) in [7, 11) is 0. The van der Waals surface area contributed by atoms with Gasteiger partial charge in [-0.3, -0.25) is 0 Å². The number of aromatic nitrogens is 2. The molecule has 0 radical (unpaired) electrons. The fourth-order valence-corrected chi connectivity index (χ4v) is 4.23. The van der Waals surface area contributed by atoms with Crippen molar-refractivity contribution < 1.29 is 4.52 Å². The van der Waals surface area contributed by atoms with Crippen LogP contribution < -0.4 is 0 Å². The molecule has 0 fully saturated rings. The van der Waals surface area contributed by atoms with Crippen molar-refractivity contribution in [3.63, 3.8) is 0 Å². The molecule has 0 bridgehead atoms. The van der Waals surface area contributed by atoms with Crippen LogP contribution in [0.15, 0.2) is 93.5 Å². The molecule has 0 amide bonds. The Morgan fingerprint density at radius 2 is 1.85 bits per heavy atom. The minimum Gasteiger partial charge on any atom is -0.364 e. The van der Waals surface area contributed by atoms with E-state index in [0.29, 0.717) is 0 Å². The van der Waals surface area contributed by atoms with Crippen molar-refractivity contribution in [2.24, 2.45) is 0 Å².